The van der Waals surface area contributed by atoms with Crippen molar-refractivity contribution in [1.29, 1.82) is 0 Å². The van der Waals surface area contributed by atoms with E-state index in [2.05, 4.69) is 146 Å². The number of pyridine rings is 2. The number of fused-ring (bicyclic) bond motifs is 4. The number of para-hydroxylation sites is 3. The summed E-state index contributed by atoms with van der Waals surface area (Å²) in [4.78, 5) is 14.3. The summed E-state index contributed by atoms with van der Waals surface area (Å²) in [6, 6.07) is 52.3. The Morgan fingerprint density at radius 1 is 0.750 bits per heavy atom. The number of aryl methyl sites for hydroxylation is 1. The minimum absolute atomic E-state index is 0. The molecule has 56 heavy (non-hydrogen) atoms. The molecule has 0 bridgehead atoms. The van der Waals surface area contributed by atoms with Crippen LogP contribution in [-0.4, -0.2) is 27.6 Å². The maximum atomic E-state index is 6.16. The Labute approximate surface area is 343 Å². The molecule has 4 aromatic heterocycles. The second-order valence-electron chi connectivity index (χ2n) is 15.5. The molecule has 281 valence electrons. The van der Waals surface area contributed by atoms with Crippen LogP contribution in [0.15, 0.2) is 144 Å². The van der Waals surface area contributed by atoms with Gasteiger partial charge in [-0.25, -0.2) is 4.98 Å². The van der Waals surface area contributed by atoms with Crippen molar-refractivity contribution in [3.05, 3.63) is 163 Å². The molecule has 4 heterocycles. The molecule has 0 aliphatic heterocycles. The molecule has 0 amide bonds. The fourth-order valence-corrected chi connectivity index (χ4v) is 8.93. The van der Waals surface area contributed by atoms with Crippen LogP contribution >= 0.6 is 0 Å². The topological polar surface area (TPSA) is 56.7 Å². The van der Waals surface area contributed by atoms with Crippen molar-refractivity contribution in [3.63, 3.8) is 0 Å². The van der Waals surface area contributed by atoms with Gasteiger partial charge in [0.2, 0.25) is 5.71 Å². The van der Waals surface area contributed by atoms with Crippen LogP contribution in [0.5, 0.6) is 0 Å². The Balaban J connectivity index is 0.000000169. The summed E-state index contributed by atoms with van der Waals surface area (Å²) in [6.07, 6.45) is 3.16. The smallest absolute Gasteiger partial charge is 0.216 e. The molecule has 0 N–H and O–H groups in total. The molecule has 9 aromatic rings. The maximum Gasteiger partial charge on any atom is 0.216 e. The van der Waals surface area contributed by atoms with Crippen molar-refractivity contribution in [1.82, 2.24) is 19.5 Å². The van der Waals surface area contributed by atoms with Gasteiger partial charge in [-0.1, -0.05) is 117 Å². The summed E-state index contributed by atoms with van der Waals surface area (Å²) in [5.41, 5.74) is 12.2. The zero-order chi connectivity index (χ0) is 38.1. The second kappa shape index (κ2) is 16.3. The number of benzene rings is 5. The number of hydrogen-bond donors (Lipinski definition) is 0. The van der Waals surface area contributed by atoms with Crippen molar-refractivity contribution in [2.45, 2.75) is 46.8 Å². The summed E-state index contributed by atoms with van der Waals surface area (Å²) in [6.45, 7) is 13.7. The molecular weight excluding hydrogens is 881 g/mol. The largest absolute Gasteiger partial charge is 0.486 e. The molecule has 0 aliphatic carbocycles. The van der Waals surface area contributed by atoms with Crippen LogP contribution in [0.1, 0.15) is 25.1 Å². The van der Waals surface area contributed by atoms with E-state index in [9.17, 15) is 0 Å². The average Bonchev–Trinajstić information content (AvgIpc) is 3.76. The van der Waals surface area contributed by atoms with E-state index in [4.69, 9.17) is 14.4 Å². The van der Waals surface area contributed by atoms with Gasteiger partial charge in [0, 0.05) is 48.6 Å². The van der Waals surface area contributed by atoms with E-state index in [1.165, 1.54) is 21.9 Å². The summed E-state index contributed by atoms with van der Waals surface area (Å²) in [5.74, 6) is 1.50. The van der Waals surface area contributed by atoms with E-state index in [-0.39, 0.29) is 20.1 Å². The van der Waals surface area contributed by atoms with Crippen LogP contribution in [0.2, 0.25) is 19.6 Å². The van der Waals surface area contributed by atoms with E-state index >= 15 is 0 Å². The van der Waals surface area contributed by atoms with E-state index in [0.717, 1.165) is 67.8 Å². The number of nitrogens with zero attached hydrogens (tertiary/aromatic N) is 4. The Kier molecular flexibility index (Phi) is 11.3. The molecule has 0 aliphatic rings. The SMILES string of the molecule is Cc1ccc2c(n1)oc1c(-c3cc(CC(C)C)c([Si](C)(C)C)cn3)[c-]ccc12.[Ir].[c-]1ccccc1-c1nc2ccccc2n1-c1ccccc1-c1ccccc1. The standard InChI is InChI=1S/C25H17N2.C24H27N2OSi.Ir/c1-3-11-19(12-4-1)21-15-7-9-17-23(21)27-24-18-10-8-16-22(24)26-25(27)20-13-5-2-6-14-20;1-15(2)12-17-13-21(25-14-22(17)28(4,5)6)20-9-7-8-18-19-11-10-16(3)26-24(19)27-23(18)20;/h1-13,15-18H;7-8,10-11,13-15H,12H2,1-6H3;/q2*-1;. The number of hydrogen-bond acceptors (Lipinski definition) is 4. The second-order valence-corrected chi connectivity index (χ2v) is 20.5. The van der Waals surface area contributed by atoms with E-state index in [1.54, 1.807) is 0 Å². The summed E-state index contributed by atoms with van der Waals surface area (Å²) < 4.78 is 8.40. The molecule has 1 radical (unpaired) electrons. The molecule has 9 rings (SSSR count). The third kappa shape index (κ3) is 7.81. The van der Waals surface area contributed by atoms with Gasteiger partial charge in [0.1, 0.15) is 0 Å². The molecular formula is C49H44IrN4OSi-2. The first kappa shape index (κ1) is 38.8. The van der Waals surface area contributed by atoms with E-state index in [0.29, 0.717) is 11.6 Å². The van der Waals surface area contributed by atoms with Gasteiger partial charge in [0.25, 0.3) is 0 Å². The first-order valence-electron chi connectivity index (χ1n) is 19.0. The van der Waals surface area contributed by atoms with Crippen LogP contribution < -0.4 is 5.19 Å². The molecule has 0 fully saturated rings. The minimum Gasteiger partial charge on any atom is -0.486 e. The van der Waals surface area contributed by atoms with Crippen LogP contribution in [0, 0.1) is 25.0 Å². The molecule has 0 saturated carbocycles. The Hall–Kier alpha value is -5.46. The number of furan rings is 1. The Morgan fingerprint density at radius 3 is 2.27 bits per heavy atom. The van der Waals surface area contributed by atoms with Crippen molar-refractivity contribution in [2.75, 3.05) is 0 Å². The third-order valence-electron chi connectivity index (χ3n) is 9.86. The molecule has 0 atom stereocenters. The zero-order valence-electron chi connectivity index (χ0n) is 32.6. The Bertz CT molecular complexity index is 2770. The molecule has 5 nitrogen and oxygen atoms in total. The molecule has 7 heteroatoms. The van der Waals surface area contributed by atoms with Gasteiger partial charge >= 0.3 is 0 Å². The van der Waals surface area contributed by atoms with E-state index < -0.39 is 8.07 Å². The van der Waals surface area contributed by atoms with Crippen LogP contribution in [-0.2, 0) is 26.5 Å². The maximum absolute atomic E-state index is 6.16. The van der Waals surface area contributed by atoms with Gasteiger partial charge in [-0.15, -0.1) is 54.1 Å². The van der Waals surface area contributed by atoms with Gasteiger partial charge in [-0.3, -0.25) is 4.98 Å². The van der Waals surface area contributed by atoms with Crippen LogP contribution in [0.3, 0.4) is 0 Å². The van der Waals surface area contributed by atoms with Crippen LogP contribution in [0.4, 0.5) is 0 Å². The van der Waals surface area contributed by atoms with Gasteiger partial charge in [0.15, 0.2) is 0 Å². The fraction of sp³-hybridized carbons (Fsp3) is 0.163. The minimum atomic E-state index is -1.46. The van der Waals surface area contributed by atoms with Gasteiger partial charge in [-0.2, -0.15) is 0 Å². The molecule has 0 spiro atoms. The molecule has 5 aromatic carbocycles. The predicted molar refractivity (Wildman–Crippen MR) is 231 cm³/mol. The monoisotopic (exact) mass is 925 g/mol. The number of rotatable bonds is 7. The van der Waals surface area contributed by atoms with Crippen molar-refractivity contribution in [2.24, 2.45) is 5.92 Å². The summed E-state index contributed by atoms with van der Waals surface area (Å²) in [7, 11) is -1.46. The predicted octanol–water partition coefficient (Wildman–Crippen LogP) is 12.1. The first-order valence-corrected chi connectivity index (χ1v) is 22.5. The molecule has 0 saturated heterocycles. The normalized spacial score (nSPS) is 11.5. The van der Waals surface area contributed by atoms with Crippen molar-refractivity contribution < 1.29 is 24.5 Å². The first-order chi connectivity index (χ1) is 26.7. The van der Waals surface area contributed by atoms with Gasteiger partial charge in [-0.05, 0) is 66.0 Å². The third-order valence-corrected chi connectivity index (χ3v) is 11.9. The number of aromatic nitrogens is 4. The van der Waals surface area contributed by atoms with E-state index in [1.807, 2.05) is 55.5 Å². The molecule has 0 unspecified atom stereocenters. The van der Waals surface area contributed by atoms with Gasteiger partial charge in [0.05, 0.1) is 30.5 Å². The number of imidazole rings is 1. The summed E-state index contributed by atoms with van der Waals surface area (Å²) in [5, 5.41) is 3.55. The fourth-order valence-electron chi connectivity index (χ4n) is 7.34. The Morgan fingerprint density at radius 2 is 1.50 bits per heavy atom. The zero-order valence-corrected chi connectivity index (χ0v) is 36.0. The van der Waals surface area contributed by atoms with Crippen molar-refractivity contribution in [3.8, 4) is 39.5 Å². The van der Waals surface area contributed by atoms with Crippen LogP contribution in [0.25, 0.3) is 72.6 Å². The van der Waals surface area contributed by atoms with Gasteiger partial charge < -0.3 is 14.0 Å². The van der Waals surface area contributed by atoms with Crippen molar-refractivity contribution >= 4 is 46.4 Å². The summed E-state index contributed by atoms with van der Waals surface area (Å²) >= 11 is 0. The quantitative estimate of drug-likeness (QED) is 0.118. The average molecular weight is 925 g/mol.